The smallest absolute Gasteiger partial charge is 0.258 e. The van der Waals surface area contributed by atoms with Crippen molar-refractivity contribution < 1.29 is 4.79 Å². The Balaban J connectivity index is 1.87. The second-order valence-corrected chi connectivity index (χ2v) is 8.20. The first-order valence-corrected chi connectivity index (χ1v) is 11.4. The van der Waals surface area contributed by atoms with Crippen LogP contribution in [0.1, 0.15) is 47.4 Å². The Bertz CT molecular complexity index is 1120. The molecule has 3 aromatic rings. The lowest BCUT2D eigenvalue weighted by molar-refractivity contribution is 0.0977. The summed E-state index contributed by atoms with van der Waals surface area (Å²) in [6, 6.07) is 15.6. The number of amides is 1. The zero-order valence-corrected chi connectivity index (χ0v) is 20.2. The Morgan fingerprint density at radius 1 is 1.09 bits per heavy atom. The van der Waals surface area contributed by atoms with E-state index in [2.05, 4.69) is 35.6 Å². The van der Waals surface area contributed by atoms with Crippen LogP contribution in [0.3, 0.4) is 0 Å². The fraction of sp³-hybridized carbons (Fsp3) is 0.346. The second kappa shape index (κ2) is 11.3. The Kier molecular flexibility index (Phi) is 8.24. The largest absolute Gasteiger partial charge is 0.378 e. The predicted octanol–water partition coefficient (Wildman–Crippen LogP) is 4.63. The van der Waals surface area contributed by atoms with Gasteiger partial charge in [0.25, 0.3) is 5.91 Å². The van der Waals surface area contributed by atoms with Gasteiger partial charge in [0.1, 0.15) is 0 Å². The van der Waals surface area contributed by atoms with Crippen molar-refractivity contribution in [2.45, 2.75) is 46.7 Å². The molecule has 0 fully saturated rings. The minimum Gasteiger partial charge on any atom is -0.378 e. The van der Waals surface area contributed by atoms with Crippen molar-refractivity contribution in [3.05, 3.63) is 77.1 Å². The van der Waals surface area contributed by atoms with Crippen LogP contribution in [-0.2, 0) is 19.5 Å². The molecule has 2 aromatic carbocycles. The molecule has 0 saturated heterocycles. The standard InChI is InChI=1S/C26H34N6O/c1-6-15-32-18-22(19(3)30-32)17-27-26(28-24-14-9-8-11-20(24)7-2)29-25(33)21-12-10-13-23(16-21)31(4)5/h8-14,16,18H,6-7,15,17H2,1-5H3,(H2,27,28,29,33). The normalized spacial score (nSPS) is 11.4. The van der Waals surface area contributed by atoms with Crippen LogP contribution in [-0.4, -0.2) is 35.7 Å². The topological polar surface area (TPSA) is 74.6 Å². The highest BCUT2D eigenvalue weighted by atomic mass is 16.1. The summed E-state index contributed by atoms with van der Waals surface area (Å²) in [4.78, 5) is 19.8. The van der Waals surface area contributed by atoms with Gasteiger partial charge in [0, 0.05) is 49.3 Å². The summed E-state index contributed by atoms with van der Waals surface area (Å²) < 4.78 is 1.95. The number of nitrogens with one attached hydrogen (secondary N) is 2. The number of carbonyl (C=O) groups is 1. The molecule has 0 saturated carbocycles. The Labute approximate surface area is 196 Å². The molecule has 7 heteroatoms. The second-order valence-electron chi connectivity index (χ2n) is 8.20. The Morgan fingerprint density at radius 3 is 2.61 bits per heavy atom. The van der Waals surface area contributed by atoms with Gasteiger partial charge in [0.05, 0.1) is 12.2 Å². The van der Waals surface area contributed by atoms with Crippen LogP contribution in [0.2, 0.25) is 0 Å². The van der Waals surface area contributed by atoms with Crippen molar-refractivity contribution in [3.8, 4) is 0 Å². The van der Waals surface area contributed by atoms with Gasteiger partial charge in [-0.15, -0.1) is 0 Å². The molecule has 0 radical (unpaired) electrons. The highest BCUT2D eigenvalue weighted by Crippen LogP contribution is 2.17. The van der Waals surface area contributed by atoms with Gasteiger partial charge in [-0.25, -0.2) is 4.99 Å². The molecule has 0 aliphatic carbocycles. The van der Waals surface area contributed by atoms with Crippen LogP contribution in [0, 0.1) is 6.92 Å². The van der Waals surface area contributed by atoms with Gasteiger partial charge < -0.3 is 10.2 Å². The average molecular weight is 447 g/mol. The first-order valence-electron chi connectivity index (χ1n) is 11.4. The minimum atomic E-state index is -0.211. The molecule has 0 spiro atoms. The van der Waals surface area contributed by atoms with Crippen molar-refractivity contribution in [2.24, 2.45) is 4.99 Å². The summed E-state index contributed by atoms with van der Waals surface area (Å²) in [6.45, 7) is 7.52. The molecule has 1 aromatic heterocycles. The van der Waals surface area contributed by atoms with E-state index in [9.17, 15) is 4.79 Å². The zero-order valence-electron chi connectivity index (χ0n) is 20.2. The maximum absolute atomic E-state index is 13.1. The van der Waals surface area contributed by atoms with Gasteiger partial charge >= 0.3 is 0 Å². The van der Waals surface area contributed by atoms with E-state index in [1.165, 1.54) is 0 Å². The predicted molar refractivity (Wildman–Crippen MR) is 136 cm³/mol. The molecule has 0 bridgehead atoms. The number of anilines is 2. The third kappa shape index (κ3) is 6.44. The number of rotatable bonds is 8. The summed E-state index contributed by atoms with van der Waals surface area (Å²) in [6.07, 6.45) is 3.92. The van der Waals surface area contributed by atoms with Gasteiger partial charge in [0.2, 0.25) is 5.96 Å². The number of benzene rings is 2. The Hall–Kier alpha value is -3.61. The lowest BCUT2D eigenvalue weighted by atomic mass is 10.1. The lowest BCUT2D eigenvalue weighted by Gasteiger charge is -2.16. The third-order valence-electron chi connectivity index (χ3n) is 5.42. The summed E-state index contributed by atoms with van der Waals surface area (Å²) >= 11 is 0. The molecule has 1 amide bonds. The summed E-state index contributed by atoms with van der Waals surface area (Å²) in [5.41, 5.74) is 5.61. The number of aryl methyl sites for hydroxylation is 3. The van der Waals surface area contributed by atoms with E-state index in [1.807, 2.05) is 73.2 Å². The minimum absolute atomic E-state index is 0.211. The van der Waals surface area contributed by atoms with E-state index >= 15 is 0 Å². The number of nitrogens with zero attached hydrogens (tertiary/aromatic N) is 4. The average Bonchev–Trinajstić information content (AvgIpc) is 3.17. The molecule has 7 nitrogen and oxygen atoms in total. The number of carbonyl (C=O) groups excluding carboxylic acids is 1. The number of aromatic nitrogens is 2. The zero-order chi connectivity index (χ0) is 23.8. The summed E-state index contributed by atoms with van der Waals surface area (Å²) in [5.74, 6) is 0.205. The van der Waals surface area contributed by atoms with Crippen molar-refractivity contribution in [1.82, 2.24) is 15.1 Å². The van der Waals surface area contributed by atoms with Crippen LogP contribution < -0.4 is 15.5 Å². The first kappa shape index (κ1) is 24.0. The quantitative estimate of drug-likeness (QED) is 0.391. The fourth-order valence-corrected chi connectivity index (χ4v) is 3.52. The SMILES string of the molecule is CCCn1cc(CN=C(NC(=O)c2cccc(N(C)C)c2)Nc2ccccc2CC)c(C)n1. The molecule has 0 atom stereocenters. The number of para-hydroxylation sites is 1. The van der Waals surface area contributed by atoms with Crippen LogP contribution in [0.15, 0.2) is 59.7 Å². The van der Waals surface area contributed by atoms with Crippen LogP contribution in [0.25, 0.3) is 0 Å². The molecule has 0 aliphatic heterocycles. The molecule has 174 valence electrons. The summed E-state index contributed by atoms with van der Waals surface area (Å²) in [5, 5.41) is 10.9. The van der Waals surface area contributed by atoms with Crippen molar-refractivity contribution in [1.29, 1.82) is 0 Å². The maximum Gasteiger partial charge on any atom is 0.258 e. The maximum atomic E-state index is 13.1. The van der Waals surface area contributed by atoms with E-state index in [1.54, 1.807) is 6.07 Å². The van der Waals surface area contributed by atoms with Crippen molar-refractivity contribution in [2.75, 3.05) is 24.3 Å². The summed E-state index contributed by atoms with van der Waals surface area (Å²) in [7, 11) is 3.91. The molecular weight excluding hydrogens is 412 g/mol. The highest BCUT2D eigenvalue weighted by molar-refractivity contribution is 6.10. The first-order chi connectivity index (χ1) is 15.9. The van der Waals surface area contributed by atoms with Crippen LogP contribution >= 0.6 is 0 Å². The van der Waals surface area contributed by atoms with Crippen LogP contribution in [0.5, 0.6) is 0 Å². The monoisotopic (exact) mass is 446 g/mol. The number of hydrogen-bond acceptors (Lipinski definition) is 4. The number of guanidine groups is 1. The van der Waals surface area contributed by atoms with Crippen molar-refractivity contribution in [3.63, 3.8) is 0 Å². The molecule has 3 rings (SSSR count). The molecular formula is C26H34N6O. The van der Waals surface area contributed by atoms with Gasteiger partial charge in [-0.2, -0.15) is 5.10 Å². The van der Waals surface area contributed by atoms with Gasteiger partial charge in [-0.3, -0.25) is 14.8 Å². The van der Waals surface area contributed by atoms with E-state index < -0.39 is 0 Å². The van der Waals surface area contributed by atoms with E-state index in [4.69, 9.17) is 4.99 Å². The molecule has 33 heavy (non-hydrogen) atoms. The van der Waals surface area contributed by atoms with Gasteiger partial charge in [-0.05, 0) is 49.6 Å². The molecule has 0 unspecified atom stereocenters. The van der Waals surface area contributed by atoms with E-state index in [-0.39, 0.29) is 5.91 Å². The molecule has 2 N–H and O–H groups in total. The van der Waals surface area contributed by atoms with E-state index in [0.717, 1.165) is 47.6 Å². The van der Waals surface area contributed by atoms with E-state index in [0.29, 0.717) is 18.1 Å². The van der Waals surface area contributed by atoms with Gasteiger partial charge in [0.15, 0.2) is 0 Å². The fourth-order valence-electron chi connectivity index (χ4n) is 3.52. The van der Waals surface area contributed by atoms with Crippen molar-refractivity contribution >= 4 is 23.2 Å². The third-order valence-corrected chi connectivity index (χ3v) is 5.42. The lowest BCUT2D eigenvalue weighted by Crippen LogP contribution is -2.36. The Morgan fingerprint density at radius 2 is 1.88 bits per heavy atom. The molecule has 1 heterocycles. The highest BCUT2D eigenvalue weighted by Gasteiger charge is 2.13. The number of aliphatic imine (C=N–C) groups is 1. The van der Waals surface area contributed by atoms with Crippen LogP contribution in [0.4, 0.5) is 11.4 Å². The number of hydrogen-bond donors (Lipinski definition) is 2. The van der Waals surface area contributed by atoms with Gasteiger partial charge in [-0.1, -0.05) is 38.1 Å². The molecule has 0 aliphatic rings.